The molecule has 0 radical (unpaired) electrons. The highest BCUT2D eigenvalue weighted by molar-refractivity contribution is 8.54. The van der Waals surface area contributed by atoms with E-state index in [9.17, 15) is 25.0 Å². The SMILES string of the molecule is O=P(O)(O)Sc1cccc(O)c1C(O)(O)Cc1cccc(O)c1. The van der Waals surface area contributed by atoms with Gasteiger partial charge < -0.3 is 30.2 Å². The van der Waals surface area contributed by atoms with Crippen LogP contribution in [0.5, 0.6) is 11.5 Å². The Morgan fingerprint density at radius 1 is 1.04 bits per heavy atom. The van der Waals surface area contributed by atoms with E-state index in [4.69, 9.17) is 9.79 Å². The van der Waals surface area contributed by atoms with Gasteiger partial charge in [-0.25, -0.2) is 4.57 Å². The zero-order valence-corrected chi connectivity index (χ0v) is 13.4. The van der Waals surface area contributed by atoms with Crippen LogP contribution >= 0.6 is 18.2 Å². The molecule has 6 N–H and O–H groups in total. The van der Waals surface area contributed by atoms with Crippen molar-refractivity contribution in [3.8, 4) is 11.5 Å². The second-order valence-electron chi connectivity index (χ2n) is 4.90. The van der Waals surface area contributed by atoms with Crippen LogP contribution in [0.1, 0.15) is 11.1 Å². The molecule has 23 heavy (non-hydrogen) atoms. The molecular formula is C14H15O7PS. The Morgan fingerprint density at radius 2 is 1.70 bits per heavy atom. The molecule has 7 nitrogen and oxygen atoms in total. The minimum absolute atomic E-state index is 0.0691. The molecule has 0 atom stereocenters. The van der Waals surface area contributed by atoms with Crippen LogP contribution in [-0.2, 0) is 16.8 Å². The van der Waals surface area contributed by atoms with E-state index in [0.717, 1.165) is 0 Å². The standard InChI is InChI=1S/C14H15O7PS/c15-10-4-1-3-9(7-10)8-14(17,18)13-11(16)5-2-6-12(13)23-22(19,20)21/h1-7,15-18H,8H2,(H2,19,20,21). The third kappa shape index (κ3) is 4.71. The Hall–Kier alpha value is -1.54. The van der Waals surface area contributed by atoms with E-state index in [1.54, 1.807) is 0 Å². The lowest BCUT2D eigenvalue weighted by Crippen LogP contribution is -2.28. The van der Waals surface area contributed by atoms with Gasteiger partial charge in [-0.2, -0.15) is 0 Å². The number of benzene rings is 2. The van der Waals surface area contributed by atoms with Crippen LogP contribution in [0.3, 0.4) is 0 Å². The maximum Gasteiger partial charge on any atom is 0.388 e. The van der Waals surface area contributed by atoms with E-state index in [2.05, 4.69) is 0 Å². The summed E-state index contributed by atoms with van der Waals surface area (Å²) in [4.78, 5) is 18.0. The number of phenolic OH excluding ortho intramolecular Hbond substituents is 2. The van der Waals surface area contributed by atoms with Gasteiger partial charge in [0.15, 0.2) is 5.79 Å². The zero-order valence-electron chi connectivity index (χ0n) is 11.7. The Morgan fingerprint density at radius 3 is 2.30 bits per heavy atom. The molecule has 124 valence electrons. The second-order valence-corrected chi connectivity index (χ2v) is 8.47. The van der Waals surface area contributed by atoms with Crippen molar-refractivity contribution in [3.63, 3.8) is 0 Å². The fourth-order valence-corrected chi connectivity index (χ4v) is 4.15. The molecule has 0 saturated heterocycles. The van der Waals surface area contributed by atoms with E-state index in [-0.39, 0.29) is 22.0 Å². The van der Waals surface area contributed by atoms with Crippen LogP contribution in [0.2, 0.25) is 0 Å². The van der Waals surface area contributed by atoms with Crippen LogP contribution in [0.25, 0.3) is 0 Å². The summed E-state index contributed by atoms with van der Waals surface area (Å²) in [5, 5.41) is 40.0. The lowest BCUT2D eigenvalue weighted by Gasteiger charge is -2.25. The summed E-state index contributed by atoms with van der Waals surface area (Å²) in [5.41, 5.74) is -0.0398. The van der Waals surface area contributed by atoms with E-state index in [0.29, 0.717) is 5.56 Å². The number of hydrogen-bond donors (Lipinski definition) is 6. The second kappa shape index (κ2) is 6.52. The largest absolute Gasteiger partial charge is 0.508 e. The molecule has 2 aromatic carbocycles. The number of hydrogen-bond acceptors (Lipinski definition) is 6. The lowest BCUT2D eigenvalue weighted by atomic mass is 9.97. The van der Waals surface area contributed by atoms with Gasteiger partial charge in [-0.3, -0.25) is 0 Å². The van der Waals surface area contributed by atoms with E-state index >= 15 is 0 Å². The summed E-state index contributed by atoms with van der Waals surface area (Å²) in [5.74, 6) is -3.16. The van der Waals surface area contributed by atoms with Gasteiger partial charge in [-0.15, -0.1) is 0 Å². The first kappa shape index (κ1) is 17.8. The Labute approximate surface area is 135 Å². The zero-order chi connectivity index (χ0) is 17.3. The predicted molar refractivity (Wildman–Crippen MR) is 83.9 cm³/mol. The summed E-state index contributed by atoms with van der Waals surface area (Å²) in [7, 11) is 0. The molecule has 0 spiro atoms. The van der Waals surface area contributed by atoms with Crippen molar-refractivity contribution < 1.29 is 34.8 Å². The van der Waals surface area contributed by atoms with Gasteiger partial charge in [0.25, 0.3) is 0 Å². The van der Waals surface area contributed by atoms with Crippen molar-refractivity contribution >= 4 is 18.2 Å². The van der Waals surface area contributed by atoms with Crippen LogP contribution in [-0.4, -0.2) is 30.2 Å². The van der Waals surface area contributed by atoms with Gasteiger partial charge in [0, 0.05) is 11.3 Å². The first-order chi connectivity index (χ1) is 10.6. The van der Waals surface area contributed by atoms with Crippen molar-refractivity contribution in [2.75, 3.05) is 0 Å². The molecule has 0 aromatic heterocycles. The Kier molecular flexibility index (Phi) is 5.05. The van der Waals surface area contributed by atoms with Gasteiger partial charge in [0.2, 0.25) is 0 Å². The summed E-state index contributed by atoms with van der Waals surface area (Å²) in [6.07, 6.45) is -0.395. The van der Waals surface area contributed by atoms with Gasteiger partial charge in [0.05, 0.1) is 5.56 Å². The maximum absolute atomic E-state index is 11.2. The fraction of sp³-hybridized carbons (Fsp3) is 0.143. The van der Waals surface area contributed by atoms with Crippen molar-refractivity contribution in [3.05, 3.63) is 53.6 Å². The van der Waals surface area contributed by atoms with Crippen molar-refractivity contribution in [2.45, 2.75) is 17.1 Å². The minimum atomic E-state index is -4.55. The third-order valence-corrected chi connectivity index (χ3v) is 5.06. The summed E-state index contributed by atoms with van der Waals surface area (Å²) >= 11 is 0.119. The first-order valence-corrected chi connectivity index (χ1v) is 9.42. The smallest absolute Gasteiger partial charge is 0.388 e. The predicted octanol–water partition coefficient (Wildman–Crippen LogP) is 1.66. The molecule has 0 aliphatic rings. The van der Waals surface area contributed by atoms with Gasteiger partial charge in [-0.05, 0) is 41.2 Å². The summed E-state index contributed by atoms with van der Waals surface area (Å²) < 4.78 is 11.2. The number of rotatable bonds is 5. The maximum atomic E-state index is 11.2. The van der Waals surface area contributed by atoms with Gasteiger partial charge in [-0.1, -0.05) is 18.2 Å². The number of aromatic hydroxyl groups is 2. The molecule has 2 aromatic rings. The Bertz CT molecular complexity index is 757. The summed E-state index contributed by atoms with van der Waals surface area (Å²) in [6, 6.07) is 9.56. The highest BCUT2D eigenvalue weighted by Gasteiger charge is 2.34. The number of phenols is 2. The van der Waals surface area contributed by atoms with E-state index in [1.807, 2.05) is 0 Å². The lowest BCUT2D eigenvalue weighted by molar-refractivity contribution is -0.170. The molecular weight excluding hydrogens is 343 g/mol. The monoisotopic (exact) mass is 358 g/mol. The number of aliphatic hydroxyl groups is 2. The van der Waals surface area contributed by atoms with Gasteiger partial charge >= 0.3 is 6.80 Å². The van der Waals surface area contributed by atoms with E-state index < -0.39 is 30.3 Å². The molecule has 0 unspecified atom stereocenters. The molecule has 0 amide bonds. The molecule has 0 aliphatic heterocycles. The molecule has 0 aliphatic carbocycles. The Balaban J connectivity index is 2.44. The topological polar surface area (TPSA) is 138 Å². The van der Waals surface area contributed by atoms with Crippen LogP contribution < -0.4 is 0 Å². The molecule has 2 rings (SSSR count). The molecule has 9 heteroatoms. The molecule has 0 heterocycles. The van der Waals surface area contributed by atoms with Crippen molar-refractivity contribution in [1.82, 2.24) is 0 Å². The van der Waals surface area contributed by atoms with Crippen molar-refractivity contribution in [2.24, 2.45) is 0 Å². The van der Waals surface area contributed by atoms with Crippen molar-refractivity contribution in [1.29, 1.82) is 0 Å². The first-order valence-electron chi connectivity index (χ1n) is 6.39. The molecule has 0 bridgehead atoms. The summed E-state index contributed by atoms with van der Waals surface area (Å²) in [6.45, 7) is -4.55. The fourth-order valence-electron chi connectivity index (χ4n) is 2.17. The van der Waals surface area contributed by atoms with Crippen LogP contribution in [0, 0.1) is 0 Å². The highest BCUT2D eigenvalue weighted by atomic mass is 32.7. The quantitative estimate of drug-likeness (QED) is 0.350. The normalized spacial score (nSPS) is 12.3. The third-order valence-electron chi connectivity index (χ3n) is 2.98. The average Bonchev–Trinajstić information content (AvgIpc) is 2.35. The minimum Gasteiger partial charge on any atom is -0.508 e. The van der Waals surface area contributed by atoms with Crippen LogP contribution in [0.4, 0.5) is 0 Å². The molecule has 0 saturated carbocycles. The van der Waals surface area contributed by atoms with E-state index in [1.165, 1.54) is 42.5 Å². The average molecular weight is 358 g/mol. The van der Waals surface area contributed by atoms with Gasteiger partial charge in [0.1, 0.15) is 11.5 Å². The molecule has 0 fully saturated rings. The highest BCUT2D eigenvalue weighted by Crippen LogP contribution is 2.57. The van der Waals surface area contributed by atoms with Crippen LogP contribution in [0.15, 0.2) is 47.4 Å².